The van der Waals surface area contributed by atoms with Gasteiger partial charge in [-0.15, -0.1) is 20.5 Å². The molecule has 0 radical (unpaired) electrons. The van der Waals surface area contributed by atoms with E-state index in [-0.39, 0.29) is 11.1 Å². The van der Waals surface area contributed by atoms with E-state index >= 15 is 0 Å². The molecule has 6 rings (SSSR count). The molecular formula is C40H38N8O25S7. The smallest absolute Gasteiger partial charge is 0.297 e. The van der Waals surface area contributed by atoms with Crippen LogP contribution in [0, 0.1) is 17.0 Å². The van der Waals surface area contributed by atoms with Crippen molar-refractivity contribution in [1.29, 1.82) is 0 Å². The molecule has 0 bridgehead atoms. The molecular weight excluding hydrogens is 1220 g/mol. The number of fused-ring (bicyclic) bond motifs is 2. The topological polar surface area (TPSA) is 542 Å². The number of aromatic hydroxyl groups is 2. The largest absolute Gasteiger partial charge is 0.505 e. The van der Waals surface area contributed by atoms with Crippen LogP contribution in [0.25, 0.3) is 21.5 Å². The number of hydrogen-bond acceptors (Lipinski definition) is 27. The minimum Gasteiger partial charge on any atom is -0.505 e. The molecule has 0 aliphatic heterocycles. The molecule has 0 amide bonds. The molecule has 80 heavy (non-hydrogen) atoms. The number of hydrogen-bond donors (Lipinski definition) is 8. The van der Waals surface area contributed by atoms with Gasteiger partial charge in [0.05, 0.1) is 57.6 Å². The number of aryl methyl sites for hydroxylation is 1. The molecule has 0 saturated heterocycles. The number of nitrogens with zero attached hydrogens (tertiary/aromatic N) is 7. The lowest BCUT2D eigenvalue weighted by Crippen LogP contribution is -2.06. The van der Waals surface area contributed by atoms with Crippen LogP contribution in [0.3, 0.4) is 0 Å². The van der Waals surface area contributed by atoms with E-state index in [4.69, 9.17) is 5.73 Å². The van der Waals surface area contributed by atoms with Gasteiger partial charge in [0.15, 0.2) is 11.5 Å². The molecule has 0 aliphatic rings. The molecule has 0 heterocycles. The van der Waals surface area contributed by atoms with Crippen LogP contribution in [0.4, 0.5) is 45.5 Å². The van der Waals surface area contributed by atoms with E-state index in [1.54, 1.807) is 0 Å². The summed E-state index contributed by atoms with van der Waals surface area (Å²) in [5.41, 5.74) is -2.56. The molecule has 0 saturated carbocycles. The Morgan fingerprint density at radius 3 is 1.44 bits per heavy atom. The van der Waals surface area contributed by atoms with Crippen molar-refractivity contribution in [3.63, 3.8) is 0 Å². The first kappa shape index (κ1) is 62.0. The Kier molecular flexibility index (Phi) is 17.4. The number of anilines is 1. The number of phenols is 2. The average Bonchev–Trinajstić information content (AvgIpc) is 3.30. The minimum absolute atomic E-state index is 0.167. The molecule has 0 unspecified atom stereocenters. The van der Waals surface area contributed by atoms with Crippen LogP contribution in [0.5, 0.6) is 11.5 Å². The van der Waals surface area contributed by atoms with Crippen molar-refractivity contribution in [3.05, 3.63) is 104 Å². The van der Waals surface area contributed by atoms with Crippen molar-refractivity contribution >= 4 is 138 Å². The van der Waals surface area contributed by atoms with Crippen molar-refractivity contribution in [2.24, 2.45) is 30.7 Å². The molecule has 430 valence electrons. The summed E-state index contributed by atoms with van der Waals surface area (Å²) in [4.78, 5) is 9.31. The summed E-state index contributed by atoms with van der Waals surface area (Å²) in [5, 5.41) is 56.2. The second-order valence-electron chi connectivity index (χ2n) is 16.7. The molecule has 0 spiro atoms. The van der Waals surface area contributed by atoms with Crippen LogP contribution in [0.2, 0.25) is 0 Å². The van der Waals surface area contributed by atoms with Gasteiger partial charge in [-0.05, 0) is 72.0 Å². The summed E-state index contributed by atoms with van der Waals surface area (Å²) in [6, 6.07) is 8.03. The molecule has 6 aromatic carbocycles. The SMILES string of the molecule is COS(=O)(=O)c1ccc(CS(=O)(=O)O)c(N=Nc2cc(CS(=O)(=O)O)c3cc(CS(=O)(=O)O)c(N=Nc4ccc(S(=O)(=O)OC)c5cc(CS(=O)(=O)O)c(N=Nc6cc(C)c([N+](=O)[O-])cc6CS(=O)(=O)O)c(O)c45)c(O)c3c2N)c1. The highest BCUT2D eigenvalue weighted by Crippen LogP contribution is 2.50. The second kappa shape index (κ2) is 22.4. The van der Waals surface area contributed by atoms with Gasteiger partial charge in [0.25, 0.3) is 76.5 Å². The first-order valence-corrected chi connectivity index (χ1v) is 31.9. The standard InChI is InChI=1S/C40H38N8O25S7/c1-19-8-29(22(16-76(59,60)61)12-32(19)48(51)52)44-47-37-24(18-78(65,66)67)10-27-33(80(70,71)73-3)7-6-28(34(27)39(37)49)42-46-38-23(17-77(62,63)64)9-26-21(15-75(56,57)58)11-31(36(41)35(26)40(38)50)45-43-30-13-25(79(68,69)72-2)5-4-20(30)14-74(53,54)55/h4-13,49-50H,14-18,41H2,1-3H3,(H,53,54,55)(H,56,57,58)(H,59,60,61)(H,62,63,64)(H,65,66,67). The van der Waals surface area contributed by atoms with Crippen molar-refractivity contribution < 1.29 is 105 Å². The van der Waals surface area contributed by atoms with Crippen molar-refractivity contribution in [2.75, 3.05) is 20.0 Å². The highest BCUT2D eigenvalue weighted by molar-refractivity contribution is 7.87. The van der Waals surface area contributed by atoms with Crippen molar-refractivity contribution in [1.82, 2.24) is 0 Å². The first-order chi connectivity index (χ1) is 36.6. The summed E-state index contributed by atoms with van der Waals surface area (Å²) in [7, 11) is -33.2. The third-order valence-electron chi connectivity index (χ3n) is 10.9. The molecule has 0 aliphatic carbocycles. The third-order valence-corrected chi connectivity index (χ3v) is 16.9. The number of nitro benzene ring substituents is 1. The number of nitro groups is 1. The summed E-state index contributed by atoms with van der Waals surface area (Å²) < 4.78 is 232. The molecule has 0 aromatic heterocycles. The van der Waals surface area contributed by atoms with Gasteiger partial charge in [0, 0.05) is 33.7 Å². The molecule has 40 heteroatoms. The van der Waals surface area contributed by atoms with Crippen LogP contribution in [-0.2, 0) is 108 Å². The Morgan fingerprint density at radius 1 is 0.487 bits per heavy atom. The van der Waals surface area contributed by atoms with E-state index in [0.717, 1.165) is 55.6 Å². The maximum absolute atomic E-state index is 13.3. The quantitative estimate of drug-likeness (QED) is 0.0101. The van der Waals surface area contributed by atoms with Gasteiger partial charge in [-0.3, -0.25) is 41.2 Å². The van der Waals surface area contributed by atoms with Crippen LogP contribution in [-0.4, -0.2) is 111 Å². The van der Waals surface area contributed by atoms with Crippen molar-refractivity contribution in [3.8, 4) is 11.5 Å². The average molecular weight is 1260 g/mol. The van der Waals surface area contributed by atoms with Gasteiger partial charge in [-0.2, -0.15) is 69.2 Å². The number of rotatable bonds is 21. The van der Waals surface area contributed by atoms with Crippen LogP contribution in [0.1, 0.15) is 33.4 Å². The third kappa shape index (κ3) is 14.8. The van der Waals surface area contributed by atoms with E-state index in [0.29, 0.717) is 19.2 Å². The predicted octanol–water partition coefficient (Wildman–Crippen LogP) is 6.06. The molecule has 0 atom stereocenters. The lowest BCUT2D eigenvalue weighted by atomic mass is 9.98. The van der Waals surface area contributed by atoms with Crippen LogP contribution in [0.15, 0.2) is 101 Å². The summed E-state index contributed by atoms with van der Waals surface area (Å²) in [6.07, 6.45) is 0. The zero-order valence-electron chi connectivity index (χ0n) is 40.4. The fourth-order valence-electron chi connectivity index (χ4n) is 7.66. The van der Waals surface area contributed by atoms with Crippen LogP contribution < -0.4 is 5.73 Å². The lowest BCUT2D eigenvalue weighted by molar-refractivity contribution is -0.385. The first-order valence-electron chi connectivity index (χ1n) is 21.1. The fourth-order valence-corrected chi connectivity index (χ4v) is 12.3. The summed E-state index contributed by atoms with van der Waals surface area (Å²) in [6.45, 7) is 1.18. The Balaban J connectivity index is 1.70. The molecule has 6 aromatic rings. The predicted molar refractivity (Wildman–Crippen MR) is 277 cm³/mol. The van der Waals surface area contributed by atoms with E-state index in [1.807, 2.05) is 0 Å². The number of azo groups is 3. The van der Waals surface area contributed by atoms with Gasteiger partial charge < -0.3 is 15.9 Å². The summed E-state index contributed by atoms with van der Waals surface area (Å²) in [5.74, 6) is -9.36. The highest BCUT2D eigenvalue weighted by atomic mass is 32.2. The normalized spacial score (nSPS) is 13.4. The van der Waals surface area contributed by atoms with E-state index in [9.17, 15) is 102 Å². The second-order valence-corrected chi connectivity index (χ2v) is 27.3. The zero-order valence-corrected chi connectivity index (χ0v) is 46.1. The fraction of sp³-hybridized carbons (Fsp3) is 0.200. The number of nitrogen functional groups attached to an aromatic ring is 1. The van der Waals surface area contributed by atoms with Crippen LogP contribution >= 0.6 is 0 Å². The summed E-state index contributed by atoms with van der Waals surface area (Å²) >= 11 is 0. The van der Waals surface area contributed by atoms with E-state index in [1.165, 1.54) is 6.92 Å². The Hall–Kier alpha value is -7.19. The van der Waals surface area contributed by atoms with Gasteiger partial charge in [-0.1, -0.05) is 6.07 Å². The van der Waals surface area contributed by atoms with E-state index in [2.05, 4.69) is 39.1 Å². The number of nitrogens with two attached hydrogens (primary N) is 1. The monoisotopic (exact) mass is 1250 g/mol. The number of phenolic OH excluding ortho intramolecular Hbond substituents is 2. The lowest BCUT2D eigenvalue weighted by Gasteiger charge is -2.16. The minimum atomic E-state index is -5.20. The molecule has 9 N–H and O–H groups in total. The molecule has 0 fully saturated rings. The maximum Gasteiger partial charge on any atom is 0.297 e. The van der Waals surface area contributed by atoms with Crippen molar-refractivity contribution in [2.45, 2.75) is 45.5 Å². The zero-order chi connectivity index (χ0) is 60.0. The van der Waals surface area contributed by atoms with E-state index < -0.39 is 215 Å². The van der Waals surface area contributed by atoms with Gasteiger partial charge >= 0.3 is 0 Å². The highest BCUT2D eigenvalue weighted by Gasteiger charge is 2.29. The Morgan fingerprint density at radius 2 is 0.925 bits per heavy atom. The number of benzene rings is 6. The maximum atomic E-state index is 13.3. The van der Waals surface area contributed by atoms with Gasteiger partial charge in [0.1, 0.15) is 50.7 Å². The molecule has 33 nitrogen and oxygen atoms in total. The van der Waals surface area contributed by atoms with Gasteiger partial charge in [-0.25, -0.2) is 0 Å². The van der Waals surface area contributed by atoms with Gasteiger partial charge in [0.2, 0.25) is 0 Å². The Bertz CT molecular complexity index is 4560. The Labute approximate surface area is 452 Å².